The van der Waals surface area contributed by atoms with Crippen molar-refractivity contribution in [3.63, 3.8) is 0 Å². The van der Waals surface area contributed by atoms with Gasteiger partial charge in [0.1, 0.15) is 0 Å². The van der Waals surface area contributed by atoms with Gasteiger partial charge in [-0.05, 0) is 70.6 Å². The fourth-order valence-corrected chi connectivity index (χ4v) is 3.54. The summed E-state index contributed by atoms with van der Waals surface area (Å²) < 4.78 is 0. The topological polar surface area (TPSA) is 15.3 Å². The summed E-state index contributed by atoms with van der Waals surface area (Å²) in [5.74, 6) is 0.974. The highest BCUT2D eigenvalue weighted by Gasteiger charge is 2.20. The van der Waals surface area contributed by atoms with E-state index in [2.05, 4.69) is 17.1 Å². The van der Waals surface area contributed by atoms with Gasteiger partial charge >= 0.3 is 0 Å². The second kappa shape index (κ2) is 7.38. The lowest BCUT2D eigenvalue weighted by atomic mass is 10.0. The van der Waals surface area contributed by atoms with Crippen LogP contribution in [0.5, 0.6) is 0 Å². The summed E-state index contributed by atoms with van der Waals surface area (Å²) in [6, 6.07) is 0.888. The average Bonchev–Trinajstić information content (AvgIpc) is 2.75. The number of hydrogen-bond acceptors (Lipinski definition) is 2. The molecule has 2 atom stereocenters. The van der Waals surface area contributed by atoms with Crippen LogP contribution in [0.3, 0.4) is 0 Å². The standard InChI is InChI=1S/C15H30N2/c1-2-15-8-4-3-5-11-17(15)12-6-7-14-9-10-16-13-14/h14-16H,2-13H2,1H3. The van der Waals surface area contributed by atoms with E-state index >= 15 is 0 Å². The van der Waals surface area contributed by atoms with E-state index in [9.17, 15) is 0 Å². The van der Waals surface area contributed by atoms with Crippen LogP contribution in [0.15, 0.2) is 0 Å². The summed E-state index contributed by atoms with van der Waals surface area (Å²) in [5, 5.41) is 3.48. The Bertz CT molecular complexity index is 199. The van der Waals surface area contributed by atoms with Crippen LogP contribution in [0.4, 0.5) is 0 Å². The Morgan fingerprint density at radius 2 is 2.12 bits per heavy atom. The maximum atomic E-state index is 3.48. The maximum Gasteiger partial charge on any atom is 0.00926 e. The van der Waals surface area contributed by atoms with E-state index in [0.717, 1.165) is 12.0 Å². The molecule has 2 unspecified atom stereocenters. The van der Waals surface area contributed by atoms with Gasteiger partial charge in [-0.25, -0.2) is 0 Å². The number of nitrogens with one attached hydrogen (secondary N) is 1. The van der Waals surface area contributed by atoms with Crippen LogP contribution >= 0.6 is 0 Å². The van der Waals surface area contributed by atoms with Crippen LogP contribution < -0.4 is 5.32 Å². The first-order valence-corrected chi connectivity index (χ1v) is 7.85. The van der Waals surface area contributed by atoms with Crippen LogP contribution in [-0.2, 0) is 0 Å². The van der Waals surface area contributed by atoms with Crippen LogP contribution in [0.1, 0.15) is 58.3 Å². The van der Waals surface area contributed by atoms with Crippen molar-refractivity contribution < 1.29 is 0 Å². The zero-order valence-electron chi connectivity index (χ0n) is 11.6. The predicted molar refractivity (Wildman–Crippen MR) is 74.3 cm³/mol. The predicted octanol–water partition coefficient (Wildman–Crippen LogP) is 3.03. The van der Waals surface area contributed by atoms with Crippen LogP contribution in [-0.4, -0.2) is 37.1 Å². The van der Waals surface area contributed by atoms with Crippen LogP contribution in [0, 0.1) is 5.92 Å². The zero-order chi connectivity index (χ0) is 11.9. The van der Waals surface area contributed by atoms with Crippen molar-refractivity contribution in [2.45, 2.75) is 64.3 Å². The summed E-state index contributed by atoms with van der Waals surface area (Å²) in [6.45, 7) is 7.61. The van der Waals surface area contributed by atoms with E-state index in [1.165, 1.54) is 77.5 Å². The molecule has 2 aliphatic rings. The van der Waals surface area contributed by atoms with E-state index in [-0.39, 0.29) is 0 Å². The molecule has 0 amide bonds. The minimum Gasteiger partial charge on any atom is -0.316 e. The van der Waals surface area contributed by atoms with Gasteiger partial charge in [-0.2, -0.15) is 0 Å². The molecule has 0 aromatic carbocycles. The summed E-state index contributed by atoms with van der Waals surface area (Å²) in [6.07, 6.45) is 11.4. The van der Waals surface area contributed by atoms with Crippen molar-refractivity contribution in [1.29, 1.82) is 0 Å². The summed E-state index contributed by atoms with van der Waals surface area (Å²) in [4.78, 5) is 2.79. The number of likely N-dealkylation sites (tertiary alicyclic amines) is 1. The first kappa shape index (κ1) is 13.4. The first-order chi connectivity index (χ1) is 8.40. The number of rotatable bonds is 5. The average molecular weight is 238 g/mol. The third kappa shape index (κ3) is 4.26. The van der Waals surface area contributed by atoms with Gasteiger partial charge in [0.2, 0.25) is 0 Å². The summed E-state index contributed by atoms with van der Waals surface area (Å²) in [7, 11) is 0. The smallest absolute Gasteiger partial charge is 0.00926 e. The summed E-state index contributed by atoms with van der Waals surface area (Å²) in [5.41, 5.74) is 0. The highest BCUT2D eigenvalue weighted by atomic mass is 15.1. The normalized spacial score (nSPS) is 31.6. The molecule has 0 bridgehead atoms. The van der Waals surface area contributed by atoms with E-state index in [1.807, 2.05) is 0 Å². The molecule has 17 heavy (non-hydrogen) atoms. The Hall–Kier alpha value is -0.0800. The monoisotopic (exact) mass is 238 g/mol. The molecule has 2 saturated heterocycles. The van der Waals surface area contributed by atoms with Gasteiger partial charge in [-0.1, -0.05) is 19.8 Å². The van der Waals surface area contributed by atoms with E-state index in [1.54, 1.807) is 0 Å². The molecule has 2 rings (SSSR count). The minimum absolute atomic E-state index is 0.888. The Labute approximate surface area is 107 Å². The fourth-order valence-electron chi connectivity index (χ4n) is 3.54. The quantitative estimate of drug-likeness (QED) is 0.792. The van der Waals surface area contributed by atoms with Gasteiger partial charge in [-0.15, -0.1) is 0 Å². The largest absolute Gasteiger partial charge is 0.316 e. The Kier molecular flexibility index (Phi) is 5.79. The van der Waals surface area contributed by atoms with Crippen molar-refractivity contribution in [2.75, 3.05) is 26.2 Å². The van der Waals surface area contributed by atoms with Crippen molar-refractivity contribution >= 4 is 0 Å². The number of hydrogen-bond donors (Lipinski definition) is 1. The number of nitrogens with zero attached hydrogens (tertiary/aromatic N) is 1. The molecule has 2 fully saturated rings. The second-order valence-electron chi connectivity index (χ2n) is 5.95. The molecular formula is C15H30N2. The zero-order valence-corrected chi connectivity index (χ0v) is 11.6. The molecule has 0 saturated carbocycles. The maximum absolute atomic E-state index is 3.48. The van der Waals surface area contributed by atoms with Crippen LogP contribution in [0.25, 0.3) is 0 Å². The SMILES string of the molecule is CCC1CCCCCN1CCCC1CCNC1. The lowest BCUT2D eigenvalue weighted by Gasteiger charge is -2.29. The van der Waals surface area contributed by atoms with Crippen LogP contribution in [0.2, 0.25) is 0 Å². The lowest BCUT2D eigenvalue weighted by molar-refractivity contribution is 0.188. The molecule has 0 aromatic heterocycles. The van der Waals surface area contributed by atoms with Crippen molar-refractivity contribution in [2.24, 2.45) is 5.92 Å². The molecule has 0 radical (unpaired) electrons. The summed E-state index contributed by atoms with van der Waals surface area (Å²) >= 11 is 0. The van der Waals surface area contributed by atoms with Crippen molar-refractivity contribution in [1.82, 2.24) is 10.2 Å². The Balaban J connectivity index is 1.67. The minimum atomic E-state index is 0.888. The molecule has 0 aliphatic carbocycles. The molecule has 100 valence electrons. The lowest BCUT2D eigenvalue weighted by Crippen LogP contribution is -2.35. The molecule has 2 aliphatic heterocycles. The second-order valence-corrected chi connectivity index (χ2v) is 5.95. The van der Waals surface area contributed by atoms with E-state index in [0.29, 0.717) is 0 Å². The van der Waals surface area contributed by atoms with Gasteiger partial charge in [0.05, 0.1) is 0 Å². The van der Waals surface area contributed by atoms with Crippen molar-refractivity contribution in [3.8, 4) is 0 Å². The van der Waals surface area contributed by atoms with E-state index in [4.69, 9.17) is 0 Å². The highest BCUT2D eigenvalue weighted by molar-refractivity contribution is 4.76. The molecular weight excluding hydrogens is 208 g/mol. The Morgan fingerprint density at radius 3 is 2.88 bits per heavy atom. The molecule has 2 nitrogen and oxygen atoms in total. The Morgan fingerprint density at radius 1 is 1.18 bits per heavy atom. The molecule has 2 heterocycles. The molecule has 2 heteroatoms. The third-order valence-corrected chi connectivity index (χ3v) is 4.69. The molecule has 1 N–H and O–H groups in total. The van der Waals surface area contributed by atoms with Gasteiger partial charge in [0.25, 0.3) is 0 Å². The fraction of sp³-hybridized carbons (Fsp3) is 1.00. The van der Waals surface area contributed by atoms with Gasteiger partial charge in [0.15, 0.2) is 0 Å². The van der Waals surface area contributed by atoms with Gasteiger partial charge in [0, 0.05) is 6.04 Å². The molecule has 0 aromatic rings. The van der Waals surface area contributed by atoms with Crippen molar-refractivity contribution in [3.05, 3.63) is 0 Å². The van der Waals surface area contributed by atoms with Gasteiger partial charge < -0.3 is 10.2 Å². The van der Waals surface area contributed by atoms with E-state index < -0.39 is 0 Å². The third-order valence-electron chi connectivity index (χ3n) is 4.69. The molecule has 0 spiro atoms. The van der Waals surface area contributed by atoms with Gasteiger partial charge in [-0.3, -0.25) is 0 Å². The highest BCUT2D eigenvalue weighted by Crippen LogP contribution is 2.21. The first-order valence-electron chi connectivity index (χ1n) is 7.85.